The molecule has 0 fully saturated rings. The Kier molecular flexibility index (Phi) is 4.42. The summed E-state index contributed by atoms with van der Waals surface area (Å²) in [6, 6.07) is 2.93. The van der Waals surface area contributed by atoms with E-state index in [4.69, 9.17) is 13.9 Å². The van der Waals surface area contributed by atoms with Gasteiger partial charge < -0.3 is 19.3 Å². The fourth-order valence-corrected chi connectivity index (χ4v) is 3.37. The van der Waals surface area contributed by atoms with Crippen molar-refractivity contribution in [1.82, 2.24) is 20.1 Å². The number of benzene rings is 1. The molecule has 0 saturated heterocycles. The molecule has 3 heterocycles. The third-order valence-corrected chi connectivity index (χ3v) is 4.63. The Morgan fingerprint density at radius 3 is 2.76 bits per heavy atom. The highest BCUT2D eigenvalue weighted by Gasteiger charge is 2.24. The lowest BCUT2D eigenvalue weighted by atomic mass is 9.98. The van der Waals surface area contributed by atoms with E-state index in [9.17, 15) is 9.59 Å². The number of hydrogen-bond acceptors (Lipinski definition) is 6. The summed E-state index contributed by atoms with van der Waals surface area (Å²) in [5.74, 6) is 0.289. The highest BCUT2D eigenvalue weighted by Crippen LogP contribution is 2.34. The van der Waals surface area contributed by atoms with E-state index >= 15 is 0 Å². The monoisotopic (exact) mass is 394 g/mol. The second-order valence-corrected chi connectivity index (χ2v) is 6.81. The SMILES string of the molecule is Cc1cc(C(C)NC(=O)O)c2oc(-c3cnn(C)c3)c(-c3cocn3)c(=O)c2c1. The highest BCUT2D eigenvalue weighted by atomic mass is 16.4. The molecule has 0 bridgehead atoms. The summed E-state index contributed by atoms with van der Waals surface area (Å²) in [4.78, 5) is 28.7. The van der Waals surface area contributed by atoms with Crippen molar-refractivity contribution >= 4 is 17.1 Å². The van der Waals surface area contributed by atoms with Crippen LogP contribution < -0.4 is 10.7 Å². The Labute approximate surface area is 164 Å². The lowest BCUT2D eigenvalue weighted by Gasteiger charge is -2.16. The van der Waals surface area contributed by atoms with Crippen LogP contribution in [0.5, 0.6) is 0 Å². The van der Waals surface area contributed by atoms with Crippen molar-refractivity contribution in [2.75, 3.05) is 0 Å². The lowest BCUT2D eigenvalue weighted by Crippen LogP contribution is -2.25. The molecule has 1 aromatic carbocycles. The Balaban J connectivity index is 2.09. The van der Waals surface area contributed by atoms with E-state index in [1.165, 1.54) is 12.7 Å². The molecule has 1 amide bonds. The number of nitrogens with one attached hydrogen (secondary N) is 1. The van der Waals surface area contributed by atoms with E-state index in [1.54, 1.807) is 43.2 Å². The molecule has 148 valence electrons. The molecule has 0 aliphatic heterocycles. The number of aromatic nitrogens is 3. The first kappa shape index (κ1) is 18.5. The Morgan fingerprint density at radius 1 is 1.34 bits per heavy atom. The van der Waals surface area contributed by atoms with Crippen LogP contribution in [-0.4, -0.2) is 26.0 Å². The number of oxazole rings is 1. The van der Waals surface area contributed by atoms with Crippen LogP contribution >= 0.6 is 0 Å². The number of nitrogens with zero attached hydrogens (tertiary/aromatic N) is 3. The molecule has 9 heteroatoms. The first-order valence-electron chi connectivity index (χ1n) is 8.83. The zero-order chi connectivity index (χ0) is 20.7. The number of hydrogen-bond donors (Lipinski definition) is 2. The fourth-order valence-electron chi connectivity index (χ4n) is 3.37. The summed E-state index contributed by atoms with van der Waals surface area (Å²) < 4.78 is 12.9. The number of carboxylic acid groups (broad SMARTS) is 1. The van der Waals surface area contributed by atoms with E-state index in [0.29, 0.717) is 27.8 Å². The minimum absolute atomic E-state index is 0.259. The van der Waals surface area contributed by atoms with Gasteiger partial charge in [0, 0.05) is 18.8 Å². The van der Waals surface area contributed by atoms with Crippen molar-refractivity contribution in [3.63, 3.8) is 0 Å². The van der Waals surface area contributed by atoms with Crippen LogP contribution in [0.25, 0.3) is 33.6 Å². The third kappa shape index (κ3) is 3.27. The molecule has 3 aromatic heterocycles. The molecular weight excluding hydrogens is 376 g/mol. The number of fused-ring (bicyclic) bond motifs is 1. The van der Waals surface area contributed by atoms with Crippen LogP contribution in [0.15, 0.2) is 50.8 Å². The van der Waals surface area contributed by atoms with Gasteiger partial charge in [-0.1, -0.05) is 6.07 Å². The van der Waals surface area contributed by atoms with E-state index in [-0.39, 0.29) is 16.8 Å². The average Bonchev–Trinajstić information content (AvgIpc) is 3.32. The van der Waals surface area contributed by atoms with Crippen molar-refractivity contribution < 1.29 is 18.7 Å². The summed E-state index contributed by atoms with van der Waals surface area (Å²) in [5.41, 5.74) is 2.60. The summed E-state index contributed by atoms with van der Waals surface area (Å²) in [6.45, 7) is 3.53. The van der Waals surface area contributed by atoms with E-state index in [0.717, 1.165) is 5.56 Å². The van der Waals surface area contributed by atoms with Gasteiger partial charge in [0.05, 0.1) is 28.8 Å². The molecule has 0 saturated carbocycles. The molecule has 1 unspecified atom stereocenters. The maximum Gasteiger partial charge on any atom is 0.405 e. The van der Waals surface area contributed by atoms with Gasteiger partial charge >= 0.3 is 6.09 Å². The van der Waals surface area contributed by atoms with Crippen LogP contribution in [0.4, 0.5) is 4.79 Å². The molecule has 0 aliphatic carbocycles. The zero-order valence-corrected chi connectivity index (χ0v) is 16.0. The number of carbonyl (C=O) groups is 1. The molecule has 9 nitrogen and oxygen atoms in total. The van der Waals surface area contributed by atoms with E-state index in [1.807, 2.05) is 6.92 Å². The third-order valence-electron chi connectivity index (χ3n) is 4.63. The van der Waals surface area contributed by atoms with Gasteiger partial charge in [-0.3, -0.25) is 9.48 Å². The van der Waals surface area contributed by atoms with Gasteiger partial charge in [0.2, 0.25) is 5.43 Å². The topological polar surface area (TPSA) is 123 Å². The molecular formula is C20H18N4O5. The Hall–Kier alpha value is -3.88. The van der Waals surface area contributed by atoms with E-state index in [2.05, 4.69) is 15.4 Å². The number of aryl methyl sites for hydroxylation is 2. The normalized spacial score (nSPS) is 12.2. The quantitative estimate of drug-likeness (QED) is 0.543. The molecule has 0 radical (unpaired) electrons. The van der Waals surface area contributed by atoms with Crippen LogP contribution in [0.2, 0.25) is 0 Å². The van der Waals surface area contributed by atoms with Gasteiger partial charge in [0.15, 0.2) is 12.2 Å². The predicted octanol–water partition coefficient (Wildman–Crippen LogP) is 3.49. The van der Waals surface area contributed by atoms with Crippen LogP contribution in [0, 0.1) is 6.92 Å². The first-order valence-corrected chi connectivity index (χ1v) is 8.83. The molecule has 0 spiro atoms. The second-order valence-electron chi connectivity index (χ2n) is 6.81. The second kappa shape index (κ2) is 6.93. The maximum atomic E-state index is 13.5. The van der Waals surface area contributed by atoms with Crippen molar-refractivity contribution in [3.8, 4) is 22.6 Å². The zero-order valence-electron chi connectivity index (χ0n) is 16.0. The fraction of sp³-hybridized carbons (Fsp3) is 0.200. The van der Waals surface area contributed by atoms with Crippen LogP contribution in [-0.2, 0) is 7.05 Å². The van der Waals surface area contributed by atoms with E-state index < -0.39 is 12.1 Å². The van der Waals surface area contributed by atoms with Crippen molar-refractivity contribution in [1.29, 1.82) is 0 Å². The minimum Gasteiger partial charge on any atom is -0.465 e. The van der Waals surface area contributed by atoms with Gasteiger partial charge in [0.1, 0.15) is 17.5 Å². The Bertz CT molecular complexity index is 1270. The van der Waals surface area contributed by atoms with Crippen molar-refractivity contribution in [3.05, 3.63) is 58.5 Å². The van der Waals surface area contributed by atoms with Gasteiger partial charge in [-0.15, -0.1) is 0 Å². The van der Waals surface area contributed by atoms with Crippen molar-refractivity contribution in [2.45, 2.75) is 19.9 Å². The maximum absolute atomic E-state index is 13.5. The molecule has 4 rings (SSSR count). The molecule has 29 heavy (non-hydrogen) atoms. The predicted molar refractivity (Wildman–Crippen MR) is 104 cm³/mol. The van der Waals surface area contributed by atoms with Crippen LogP contribution in [0.1, 0.15) is 24.1 Å². The van der Waals surface area contributed by atoms with Gasteiger partial charge in [0.25, 0.3) is 0 Å². The Morgan fingerprint density at radius 2 is 2.14 bits per heavy atom. The smallest absolute Gasteiger partial charge is 0.405 e. The summed E-state index contributed by atoms with van der Waals surface area (Å²) >= 11 is 0. The molecule has 4 aromatic rings. The van der Waals surface area contributed by atoms with Crippen molar-refractivity contribution in [2.24, 2.45) is 7.05 Å². The molecule has 2 N–H and O–H groups in total. The average molecular weight is 394 g/mol. The summed E-state index contributed by atoms with van der Waals surface area (Å²) in [5, 5.41) is 16.0. The van der Waals surface area contributed by atoms with Gasteiger partial charge in [-0.05, 0) is 25.5 Å². The number of rotatable bonds is 4. The van der Waals surface area contributed by atoms with Crippen LogP contribution in [0.3, 0.4) is 0 Å². The standard InChI is InChI=1S/C20H18N4O5/c1-10-4-13(11(2)23-20(26)27)19-14(5-10)17(25)16(15-8-28-9-21-15)18(29-19)12-6-22-24(3)7-12/h4-9,11,23H,1-3H3,(H,26,27). The lowest BCUT2D eigenvalue weighted by molar-refractivity contribution is 0.191. The first-order chi connectivity index (χ1) is 13.8. The minimum atomic E-state index is -1.17. The molecule has 0 aliphatic rings. The van der Waals surface area contributed by atoms with Gasteiger partial charge in [-0.2, -0.15) is 5.10 Å². The van der Waals surface area contributed by atoms with Gasteiger partial charge in [-0.25, -0.2) is 9.78 Å². The number of amides is 1. The largest absolute Gasteiger partial charge is 0.465 e. The molecule has 1 atom stereocenters. The summed E-state index contributed by atoms with van der Waals surface area (Å²) in [7, 11) is 1.76. The highest BCUT2D eigenvalue weighted by molar-refractivity contribution is 5.90. The summed E-state index contributed by atoms with van der Waals surface area (Å²) in [6.07, 6.45) is 4.76.